The lowest BCUT2D eigenvalue weighted by Gasteiger charge is -2.22. The topological polar surface area (TPSA) is 73.6 Å². The number of nitrogens with two attached hydrogens (primary N) is 1. The van der Waals surface area contributed by atoms with Crippen molar-refractivity contribution >= 4 is 5.91 Å². The van der Waals surface area contributed by atoms with Crippen LogP contribution in [0.3, 0.4) is 0 Å². The summed E-state index contributed by atoms with van der Waals surface area (Å²) in [6.07, 6.45) is -0.496. The number of carbonyl (C=O) groups excluding carboxylic acids is 1. The summed E-state index contributed by atoms with van der Waals surface area (Å²) in [7, 11) is 0. The maximum Gasteiger partial charge on any atom is 0.251 e. The Bertz CT molecular complexity index is 403. The smallest absolute Gasteiger partial charge is 0.251 e. The molecule has 5 heteroatoms. The van der Waals surface area contributed by atoms with Crippen LogP contribution in [0.4, 0.5) is 0 Å². The summed E-state index contributed by atoms with van der Waals surface area (Å²) in [6.45, 7) is 2.28. The van der Waals surface area contributed by atoms with Gasteiger partial charge >= 0.3 is 0 Å². The fourth-order valence-corrected chi connectivity index (χ4v) is 1.86. The highest BCUT2D eigenvalue weighted by Gasteiger charge is 2.22. The molecule has 5 nitrogen and oxygen atoms in total. The van der Waals surface area contributed by atoms with Crippen molar-refractivity contribution in [2.45, 2.75) is 19.2 Å². The Morgan fingerprint density at radius 3 is 2.78 bits per heavy atom. The minimum absolute atomic E-state index is 0.137. The molecule has 1 aromatic rings. The second kappa shape index (κ2) is 6.49. The Balaban J connectivity index is 1.88. The van der Waals surface area contributed by atoms with Crippen molar-refractivity contribution in [3.8, 4) is 0 Å². The molecular weight excluding hydrogens is 232 g/mol. The van der Waals surface area contributed by atoms with Gasteiger partial charge in [-0.05, 0) is 11.1 Å². The molecule has 0 spiro atoms. The largest absolute Gasteiger partial charge is 0.376 e. The number of hydrogen-bond acceptors (Lipinski definition) is 4. The average molecular weight is 250 g/mol. The van der Waals surface area contributed by atoms with Crippen molar-refractivity contribution in [3.63, 3.8) is 0 Å². The molecule has 18 heavy (non-hydrogen) atoms. The molecule has 1 fully saturated rings. The van der Waals surface area contributed by atoms with E-state index in [4.69, 9.17) is 15.2 Å². The summed E-state index contributed by atoms with van der Waals surface area (Å²) in [6, 6.07) is 7.79. The molecule has 1 aliphatic heterocycles. The number of carbonyl (C=O) groups is 1. The lowest BCUT2D eigenvalue weighted by Crippen LogP contribution is -2.42. The molecule has 0 radical (unpaired) electrons. The molecule has 1 aromatic carbocycles. The third-order valence-electron chi connectivity index (χ3n) is 2.90. The van der Waals surface area contributed by atoms with Gasteiger partial charge in [-0.1, -0.05) is 24.3 Å². The van der Waals surface area contributed by atoms with E-state index in [9.17, 15) is 4.79 Å². The Morgan fingerprint density at radius 1 is 1.33 bits per heavy atom. The molecule has 0 saturated carbocycles. The molecule has 1 atom stereocenters. The van der Waals surface area contributed by atoms with Gasteiger partial charge < -0.3 is 20.5 Å². The van der Waals surface area contributed by atoms with Gasteiger partial charge in [0.15, 0.2) is 6.10 Å². The number of ether oxygens (including phenoxy) is 2. The third-order valence-corrected chi connectivity index (χ3v) is 2.90. The fraction of sp³-hybridized carbons (Fsp3) is 0.462. The van der Waals surface area contributed by atoms with Crippen LogP contribution in [0.2, 0.25) is 0 Å². The van der Waals surface area contributed by atoms with Gasteiger partial charge in [-0.25, -0.2) is 0 Å². The first-order chi connectivity index (χ1) is 8.81. The van der Waals surface area contributed by atoms with Gasteiger partial charge in [-0.15, -0.1) is 0 Å². The van der Waals surface area contributed by atoms with Gasteiger partial charge in [0.25, 0.3) is 5.91 Å². The molecule has 1 aliphatic rings. The monoisotopic (exact) mass is 250 g/mol. The van der Waals surface area contributed by atoms with E-state index in [1.165, 1.54) is 0 Å². The number of rotatable bonds is 4. The quantitative estimate of drug-likeness (QED) is 0.799. The molecule has 98 valence electrons. The van der Waals surface area contributed by atoms with Crippen LogP contribution in [-0.2, 0) is 27.4 Å². The molecule has 0 aliphatic carbocycles. The Hall–Kier alpha value is -1.43. The normalized spacial score (nSPS) is 19.5. The van der Waals surface area contributed by atoms with Crippen LogP contribution in [0.1, 0.15) is 11.1 Å². The van der Waals surface area contributed by atoms with Crippen LogP contribution in [0, 0.1) is 0 Å². The van der Waals surface area contributed by atoms with Gasteiger partial charge in [0.2, 0.25) is 0 Å². The number of nitrogens with one attached hydrogen (secondary N) is 1. The van der Waals surface area contributed by atoms with Gasteiger partial charge in [-0.2, -0.15) is 0 Å². The van der Waals surface area contributed by atoms with Crippen molar-refractivity contribution in [2.75, 3.05) is 19.8 Å². The van der Waals surface area contributed by atoms with Crippen LogP contribution in [-0.4, -0.2) is 31.8 Å². The van der Waals surface area contributed by atoms with E-state index in [1.807, 2.05) is 24.3 Å². The number of benzene rings is 1. The molecule has 3 N–H and O–H groups in total. The first-order valence-corrected chi connectivity index (χ1v) is 6.05. The van der Waals surface area contributed by atoms with E-state index in [0.29, 0.717) is 32.9 Å². The molecule has 1 saturated heterocycles. The summed E-state index contributed by atoms with van der Waals surface area (Å²) in [4.78, 5) is 11.8. The molecule has 1 amide bonds. The van der Waals surface area contributed by atoms with E-state index in [2.05, 4.69) is 5.32 Å². The Morgan fingerprint density at radius 2 is 2.11 bits per heavy atom. The summed E-state index contributed by atoms with van der Waals surface area (Å²) < 4.78 is 10.5. The van der Waals surface area contributed by atoms with Gasteiger partial charge in [0.1, 0.15) is 0 Å². The van der Waals surface area contributed by atoms with Crippen LogP contribution < -0.4 is 11.1 Å². The van der Waals surface area contributed by atoms with Crippen LogP contribution in [0.15, 0.2) is 24.3 Å². The van der Waals surface area contributed by atoms with E-state index >= 15 is 0 Å². The summed E-state index contributed by atoms with van der Waals surface area (Å²) in [5.74, 6) is -0.137. The van der Waals surface area contributed by atoms with E-state index < -0.39 is 6.10 Å². The van der Waals surface area contributed by atoms with Crippen molar-refractivity contribution in [2.24, 2.45) is 5.73 Å². The predicted octanol–water partition coefficient (Wildman–Crippen LogP) is 0.177. The highest BCUT2D eigenvalue weighted by atomic mass is 16.6. The minimum atomic E-state index is -0.496. The minimum Gasteiger partial charge on any atom is -0.376 e. The van der Waals surface area contributed by atoms with Crippen molar-refractivity contribution in [1.29, 1.82) is 0 Å². The maximum absolute atomic E-state index is 11.8. The second-order valence-corrected chi connectivity index (χ2v) is 4.12. The van der Waals surface area contributed by atoms with E-state index in [0.717, 1.165) is 11.1 Å². The highest BCUT2D eigenvalue weighted by Crippen LogP contribution is 2.08. The number of hydrogen-bond donors (Lipinski definition) is 2. The Kier molecular flexibility index (Phi) is 4.69. The van der Waals surface area contributed by atoms with Crippen molar-refractivity contribution in [3.05, 3.63) is 35.4 Å². The Labute approximate surface area is 106 Å². The molecular formula is C13H18N2O3. The highest BCUT2D eigenvalue weighted by molar-refractivity contribution is 5.81. The second-order valence-electron chi connectivity index (χ2n) is 4.12. The SMILES string of the molecule is NCc1ccccc1CNC(=O)C1COCCO1. The standard InChI is InChI=1S/C13H18N2O3/c14-7-10-3-1-2-4-11(10)8-15-13(16)12-9-17-5-6-18-12/h1-4,12H,5-9,14H2,(H,15,16). The molecule has 1 heterocycles. The first-order valence-electron chi connectivity index (χ1n) is 6.05. The fourth-order valence-electron chi connectivity index (χ4n) is 1.86. The van der Waals surface area contributed by atoms with Gasteiger partial charge in [0, 0.05) is 13.1 Å². The average Bonchev–Trinajstić information content (AvgIpc) is 2.46. The van der Waals surface area contributed by atoms with Crippen LogP contribution in [0.25, 0.3) is 0 Å². The summed E-state index contributed by atoms with van der Waals surface area (Å²) >= 11 is 0. The third kappa shape index (κ3) is 3.29. The molecule has 1 unspecified atom stereocenters. The van der Waals surface area contributed by atoms with E-state index in [1.54, 1.807) is 0 Å². The van der Waals surface area contributed by atoms with Crippen LogP contribution in [0.5, 0.6) is 0 Å². The van der Waals surface area contributed by atoms with E-state index in [-0.39, 0.29) is 5.91 Å². The lowest BCUT2D eigenvalue weighted by atomic mass is 10.1. The summed E-state index contributed by atoms with van der Waals surface area (Å²) in [5, 5.41) is 2.84. The number of amides is 1. The zero-order chi connectivity index (χ0) is 12.8. The molecule has 2 rings (SSSR count). The van der Waals surface area contributed by atoms with Gasteiger partial charge in [-0.3, -0.25) is 4.79 Å². The van der Waals surface area contributed by atoms with Crippen molar-refractivity contribution in [1.82, 2.24) is 5.32 Å². The summed E-state index contributed by atoms with van der Waals surface area (Å²) in [5.41, 5.74) is 7.72. The predicted molar refractivity (Wildman–Crippen MR) is 66.7 cm³/mol. The molecule has 0 bridgehead atoms. The first kappa shape index (κ1) is 13.0. The van der Waals surface area contributed by atoms with Gasteiger partial charge in [0.05, 0.1) is 19.8 Å². The zero-order valence-corrected chi connectivity index (χ0v) is 10.2. The maximum atomic E-state index is 11.8. The zero-order valence-electron chi connectivity index (χ0n) is 10.2. The lowest BCUT2D eigenvalue weighted by molar-refractivity contribution is -0.147. The molecule has 0 aromatic heterocycles. The van der Waals surface area contributed by atoms with Crippen molar-refractivity contribution < 1.29 is 14.3 Å². The van der Waals surface area contributed by atoms with Crippen LogP contribution >= 0.6 is 0 Å².